The van der Waals surface area contributed by atoms with Crippen molar-refractivity contribution in [3.63, 3.8) is 0 Å². The van der Waals surface area contributed by atoms with Crippen LogP contribution in [0, 0.1) is 142 Å². The second kappa shape index (κ2) is 93.8. The van der Waals surface area contributed by atoms with Gasteiger partial charge in [-0.25, -0.2) is 0 Å². The summed E-state index contributed by atoms with van der Waals surface area (Å²) in [7, 11) is 0. The van der Waals surface area contributed by atoms with E-state index in [1.165, 1.54) is 321 Å². The van der Waals surface area contributed by atoms with Crippen LogP contribution in [0.2, 0.25) is 0 Å². The molecule has 0 unspecified atom stereocenters. The van der Waals surface area contributed by atoms with Crippen molar-refractivity contribution in [1.82, 2.24) is 0 Å². The largest absolute Gasteiger partial charge is 0.389 e. The number of unbranched alkanes of at least 4 members (excludes halogenated alkanes) is 16. The highest BCUT2D eigenvalue weighted by atomic mass is 16.3. The molecule has 0 bridgehead atoms. The molecule has 0 spiro atoms. The molecule has 8 aliphatic rings. The average molecular weight is 1930 g/mol. The predicted octanol–water partition coefficient (Wildman–Crippen LogP) is 35.0. The van der Waals surface area contributed by atoms with Crippen molar-refractivity contribution in [2.75, 3.05) is 0 Å². The minimum atomic E-state index is -0.464. The quantitative estimate of drug-likeness (QED) is 0.0170. The molecule has 8 heteroatoms. The Bertz CT molecular complexity index is 3120. The molecule has 796 valence electrons. The van der Waals surface area contributed by atoms with Crippen LogP contribution in [0.4, 0.5) is 0 Å². The van der Waals surface area contributed by atoms with Gasteiger partial charge in [-0.1, -0.05) is 349 Å². The summed E-state index contributed by atoms with van der Waals surface area (Å²) in [6.45, 7) is 32.4. The molecule has 8 fully saturated rings. The van der Waals surface area contributed by atoms with E-state index in [0.29, 0.717) is 0 Å². The van der Waals surface area contributed by atoms with Gasteiger partial charge in [0.25, 0.3) is 0 Å². The summed E-state index contributed by atoms with van der Waals surface area (Å²) in [5.74, 6) is 37.8. The van der Waals surface area contributed by atoms with Crippen molar-refractivity contribution < 1.29 is 40.9 Å². The van der Waals surface area contributed by atoms with Gasteiger partial charge in [0.15, 0.2) is 0 Å². The highest BCUT2D eigenvalue weighted by Gasteiger charge is 2.40. The van der Waals surface area contributed by atoms with Gasteiger partial charge in [0, 0.05) is 25.7 Å². The first kappa shape index (κ1) is 134. The fraction of sp³-hybridized carbons (Fsp3) is 0.756. The zero-order valence-corrected chi connectivity index (χ0v) is 92.3. The molecule has 0 aromatic carbocycles. The van der Waals surface area contributed by atoms with Crippen molar-refractivity contribution in [3.8, 4) is 47.4 Å². The molecule has 24 atom stereocenters. The van der Waals surface area contributed by atoms with Crippen LogP contribution < -0.4 is 0 Å². The van der Waals surface area contributed by atoms with Gasteiger partial charge in [0.1, 0.15) is 24.4 Å². The monoisotopic (exact) mass is 1930 g/mol. The van der Waals surface area contributed by atoms with Gasteiger partial charge in [0.2, 0.25) is 0 Å². The van der Waals surface area contributed by atoms with Crippen LogP contribution in [0.3, 0.4) is 0 Å². The van der Waals surface area contributed by atoms with Crippen LogP contribution in [0.25, 0.3) is 0 Å². The fourth-order valence-corrected chi connectivity index (χ4v) is 17.8. The van der Waals surface area contributed by atoms with Crippen LogP contribution in [-0.4, -0.2) is 89.7 Å². The molecule has 8 aliphatic carbocycles. The maximum atomic E-state index is 9.41. The molecule has 8 nitrogen and oxygen atoms in total. The van der Waals surface area contributed by atoms with Crippen molar-refractivity contribution in [3.05, 3.63) is 146 Å². The second-order valence-corrected chi connectivity index (χ2v) is 42.5. The molecule has 0 saturated heterocycles. The van der Waals surface area contributed by atoms with E-state index in [4.69, 9.17) is 30.6 Å². The van der Waals surface area contributed by atoms with Gasteiger partial charge < -0.3 is 40.9 Å². The molecule has 8 N–H and O–H groups in total. The summed E-state index contributed by atoms with van der Waals surface area (Å²) >= 11 is 0. The average Bonchev–Trinajstić information content (AvgIpc) is 1.75. The number of aliphatic hydroxyl groups excluding tert-OH is 8. The van der Waals surface area contributed by atoms with Crippen LogP contribution in [0.15, 0.2) is 146 Å². The van der Waals surface area contributed by atoms with Crippen molar-refractivity contribution in [1.29, 1.82) is 0 Å². The molecular formula is C131H224O8. The summed E-state index contributed by atoms with van der Waals surface area (Å²) in [4.78, 5) is 0. The highest BCUT2D eigenvalue weighted by molar-refractivity contribution is 5.12. The standard InChI is InChI=1S/2C17H30O.2C16H28O.4C16H26O.CH4/c2*1-3-5-6-7-8-9-11-15-14-16(15)12-10-13-17(18)4-2;6*1-3-4-5-6-7-8-11-15-13-16(15)12-9-10-14(2)17;/h2*7-8,10,13,15-18H,3-6,9,11-12,14H2,1-2H3;2*6-7,9-10,14-17H,3-5,8,11-13H2,1-2H3;4*6-7,14-17H,3-5,8,11-13H2,1-2H3;1H4/b2*8-7-,13-10+;2*7-6-,10-9+;4*7-6-;/t15-,16+,17+;15-,16+,17-;14-,15+,16+;14-,15-,16-;14-,15+,16+;14-,15+,16-;14-,15-,16+;14-,15-,16-;/m11101010./s1. The Kier molecular flexibility index (Phi) is 90.3. The van der Waals surface area contributed by atoms with Gasteiger partial charge in [-0.3, -0.25) is 0 Å². The van der Waals surface area contributed by atoms with Gasteiger partial charge in [0.05, 0.1) is 24.4 Å². The van der Waals surface area contributed by atoms with E-state index in [1.54, 1.807) is 27.7 Å². The number of hydrogen-bond donors (Lipinski definition) is 8. The third kappa shape index (κ3) is 90.1. The molecule has 0 radical (unpaired) electrons. The van der Waals surface area contributed by atoms with E-state index in [0.717, 1.165) is 146 Å². The maximum Gasteiger partial charge on any atom is 0.111 e. The summed E-state index contributed by atoms with van der Waals surface area (Å²) in [5, 5.41) is 73.1. The number of aliphatic hydroxyl groups is 8. The van der Waals surface area contributed by atoms with E-state index < -0.39 is 24.4 Å². The first-order valence-corrected chi connectivity index (χ1v) is 58.2. The first-order chi connectivity index (χ1) is 67.0. The zero-order valence-electron chi connectivity index (χ0n) is 92.3. The number of rotatable bonds is 66. The second-order valence-electron chi connectivity index (χ2n) is 42.5. The van der Waals surface area contributed by atoms with E-state index >= 15 is 0 Å². The topological polar surface area (TPSA) is 162 Å². The first-order valence-electron chi connectivity index (χ1n) is 58.2. The van der Waals surface area contributed by atoms with Crippen molar-refractivity contribution >= 4 is 0 Å². The number of hydrogen-bond acceptors (Lipinski definition) is 8. The minimum Gasteiger partial charge on any atom is -0.389 e. The molecule has 0 aromatic heterocycles. The lowest BCUT2D eigenvalue weighted by atomic mass is 10.1. The molecule has 0 heterocycles. The third-order valence-corrected chi connectivity index (χ3v) is 28.2. The molecule has 8 rings (SSSR count). The van der Waals surface area contributed by atoms with Crippen LogP contribution in [-0.2, 0) is 0 Å². The van der Waals surface area contributed by atoms with Gasteiger partial charge in [-0.05, 0) is 380 Å². The van der Waals surface area contributed by atoms with Gasteiger partial charge >= 0.3 is 0 Å². The molecule has 0 amide bonds. The van der Waals surface area contributed by atoms with Crippen molar-refractivity contribution in [2.45, 2.75) is 539 Å². The molecular weight excluding hydrogens is 1700 g/mol. The molecule has 8 saturated carbocycles. The van der Waals surface area contributed by atoms with Crippen LogP contribution in [0.1, 0.15) is 491 Å². The van der Waals surface area contributed by atoms with E-state index in [2.05, 4.69) is 224 Å². The molecule has 0 aromatic rings. The Hall–Kier alpha value is -5.20. The van der Waals surface area contributed by atoms with Gasteiger partial charge in [-0.15, -0.1) is 23.7 Å². The lowest BCUT2D eigenvalue weighted by Gasteiger charge is -1.99. The third-order valence-electron chi connectivity index (χ3n) is 28.2. The van der Waals surface area contributed by atoms with Gasteiger partial charge in [-0.2, -0.15) is 0 Å². The van der Waals surface area contributed by atoms with E-state index in [1.807, 2.05) is 52.0 Å². The SMILES string of the molecule is C.CCCC/C=C\CC[C@@H]1C[C@@H]1C/C=C/[C@@H](O)CC.CCCC/C=C\CC[C@@H]1C[C@@H]1C/C=C/[C@H](O)CC.CCCC/C=C\CC[C@@H]1C[C@@H]1CC#C[C@@H](C)O.CCCC/C=C\CC[C@@H]1C[C@@H]1CC#C[C@H](C)O.CCCC/C=C\CC[C@H]1C[C@@H]1C/C=C/[C@@H](C)O.CCCC/C=C\CC[C@H]1C[C@@H]1C/C=C/[C@H](C)O.CCCC/C=C\CC[C@H]1C[C@@H]1CC#C[C@@H](C)O.CCCC/C=C\CC[C@H]1C[C@@H]1CC#C[C@H](C)O. The maximum absolute atomic E-state index is 9.41. The Morgan fingerprint density at radius 1 is 0.201 bits per heavy atom. The Morgan fingerprint density at radius 3 is 0.504 bits per heavy atom. The predicted molar refractivity (Wildman–Crippen MR) is 610 cm³/mol. The Morgan fingerprint density at radius 2 is 0.353 bits per heavy atom. The number of allylic oxidation sites excluding steroid dienone is 20. The summed E-state index contributed by atoms with van der Waals surface area (Å²) in [5.41, 5.74) is 0. The Labute approximate surface area is 862 Å². The van der Waals surface area contributed by atoms with Crippen LogP contribution >= 0.6 is 0 Å². The van der Waals surface area contributed by atoms with Crippen molar-refractivity contribution in [2.24, 2.45) is 94.7 Å². The zero-order chi connectivity index (χ0) is 101. The normalized spacial score (nSPS) is 24.7. The lowest BCUT2D eigenvalue weighted by Crippen LogP contribution is -1.97. The molecule has 0 aliphatic heterocycles. The summed E-state index contributed by atoms with van der Waals surface area (Å²) < 4.78 is 0. The van der Waals surface area contributed by atoms with E-state index in [9.17, 15) is 10.2 Å². The minimum absolute atomic E-state index is 0. The summed E-state index contributed by atoms with van der Waals surface area (Å²) in [6.07, 6.45) is 124. The summed E-state index contributed by atoms with van der Waals surface area (Å²) in [6, 6.07) is 0. The lowest BCUT2D eigenvalue weighted by molar-refractivity contribution is 0.218. The van der Waals surface area contributed by atoms with E-state index in [-0.39, 0.29) is 31.8 Å². The smallest absolute Gasteiger partial charge is 0.111 e. The highest BCUT2D eigenvalue weighted by Crippen LogP contribution is 2.50. The molecule has 139 heavy (non-hydrogen) atoms. The fourth-order valence-electron chi connectivity index (χ4n) is 17.8. The Balaban J connectivity index is 0.00000156. The van der Waals surface area contributed by atoms with Crippen LogP contribution in [0.5, 0.6) is 0 Å².